The fraction of sp³-hybridized carbons (Fsp3) is 0.417. The van der Waals surface area contributed by atoms with Crippen LogP contribution in [0.5, 0.6) is 0 Å². The average Bonchev–Trinajstić information content (AvgIpc) is 2.31. The van der Waals surface area contributed by atoms with Crippen molar-refractivity contribution in [2.24, 2.45) is 0 Å². The number of carbonyl (C=O) groups is 1. The summed E-state index contributed by atoms with van der Waals surface area (Å²) in [5, 5.41) is 6.92. The van der Waals surface area contributed by atoms with Gasteiger partial charge >= 0.3 is 0 Å². The normalized spacial score (nSPS) is 19.2. The van der Waals surface area contributed by atoms with Gasteiger partial charge in [0.1, 0.15) is 0 Å². The topological polar surface area (TPSA) is 41.1 Å². The van der Waals surface area contributed by atoms with Crippen LogP contribution in [0, 0.1) is 0 Å². The molecule has 1 fully saturated rings. The Hall–Kier alpha value is -0.770. The van der Waals surface area contributed by atoms with Gasteiger partial charge in [0.15, 0.2) is 0 Å². The Labute approximate surface area is 112 Å². The SMILES string of the molecule is Cl.O=C(NC1CCCNC1)c1ccc(Cl)cc1. The maximum Gasteiger partial charge on any atom is 0.251 e. The molecule has 0 bridgehead atoms. The fourth-order valence-electron chi connectivity index (χ4n) is 1.85. The van der Waals surface area contributed by atoms with Crippen molar-refractivity contribution in [3.63, 3.8) is 0 Å². The number of hydrogen-bond donors (Lipinski definition) is 2. The third-order valence-corrected chi connectivity index (χ3v) is 2.99. The van der Waals surface area contributed by atoms with E-state index >= 15 is 0 Å². The summed E-state index contributed by atoms with van der Waals surface area (Å²) in [4.78, 5) is 11.8. The highest BCUT2D eigenvalue weighted by molar-refractivity contribution is 6.30. The van der Waals surface area contributed by atoms with Gasteiger partial charge in [-0.05, 0) is 43.7 Å². The van der Waals surface area contributed by atoms with Gasteiger partial charge < -0.3 is 10.6 Å². The molecule has 0 radical (unpaired) electrons. The van der Waals surface area contributed by atoms with Crippen molar-refractivity contribution in [2.45, 2.75) is 18.9 Å². The van der Waals surface area contributed by atoms with Gasteiger partial charge in [-0.15, -0.1) is 12.4 Å². The van der Waals surface area contributed by atoms with Gasteiger partial charge in [-0.25, -0.2) is 0 Å². The minimum atomic E-state index is -0.0228. The molecule has 1 aliphatic heterocycles. The van der Waals surface area contributed by atoms with Crippen LogP contribution in [0.15, 0.2) is 24.3 Å². The van der Waals surface area contributed by atoms with E-state index in [0.29, 0.717) is 10.6 Å². The van der Waals surface area contributed by atoms with Crippen LogP contribution in [0.3, 0.4) is 0 Å². The van der Waals surface area contributed by atoms with Gasteiger partial charge in [0.05, 0.1) is 0 Å². The summed E-state index contributed by atoms with van der Waals surface area (Å²) < 4.78 is 0. The first-order valence-corrected chi connectivity index (χ1v) is 5.90. The van der Waals surface area contributed by atoms with E-state index in [9.17, 15) is 4.79 Å². The quantitative estimate of drug-likeness (QED) is 0.869. The van der Waals surface area contributed by atoms with Gasteiger partial charge in [0, 0.05) is 23.2 Å². The van der Waals surface area contributed by atoms with Crippen molar-refractivity contribution >= 4 is 29.9 Å². The molecule has 94 valence electrons. The molecular formula is C12H16Cl2N2O. The Morgan fingerprint density at radius 3 is 2.65 bits per heavy atom. The van der Waals surface area contributed by atoms with Crippen molar-refractivity contribution in [1.82, 2.24) is 10.6 Å². The molecule has 1 unspecified atom stereocenters. The molecule has 3 nitrogen and oxygen atoms in total. The third kappa shape index (κ3) is 4.19. The Bertz CT molecular complexity index is 361. The van der Waals surface area contributed by atoms with Gasteiger partial charge in [-0.1, -0.05) is 11.6 Å². The molecule has 1 amide bonds. The number of benzene rings is 1. The minimum absolute atomic E-state index is 0. The summed E-state index contributed by atoms with van der Waals surface area (Å²) in [6, 6.07) is 7.20. The lowest BCUT2D eigenvalue weighted by molar-refractivity contribution is 0.0930. The first kappa shape index (κ1) is 14.3. The molecule has 1 atom stereocenters. The zero-order chi connectivity index (χ0) is 11.4. The monoisotopic (exact) mass is 274 g/mol. The number of rotatable bonds is 2. The Kier molecular flexibility index (Phi) is 5.75. The molecule has 1 heterocycles. The van der Waals surface area contributed by atoms with E-state index in [2.05, 4.69) is 10.6 Å². The molecule has 17 heavy (non-hydrogen) atoms. The number of nitrogens with one attached hydrogen (secondary N) is 2. The highest BCUT2D eigenvalue weighted by Gasteiger charge is 2.15. The summed E-state index contributed by atoms with van der Waals surface area (Å²) in [5.74, 6) is -0.0228. The first-order valence-electron chi connectivity index (χ1n) is 5.53. The lowest BCUT2D eigenvalue weighted by Gasteiger charge is -2.23. The molecular weight excluding hydrogens is 259 g/mol. The van der Waals surface area contributed by atoms with Crippen LogP contribution in [0.4, 0.5) is 0 Å². The smallest absolute Gasteiger partial charge is 0.251 e. The maximum atomic E-state index is 11.8. The molecule has 1 saturated heterocycles. The van der Waals surface area contributed by atoms with Crippen LogP contribution in [0.1, 0.15) is 23.2 Å². The second kappa shape index (κ2) is 6.84. The predicted molar refractivity (Wildman–Crippen MR) is 72.1 cm³/mol. The molecule has 1 aromatic carbocycles. The number of hydrogen-bond acceptors (Lipinski definition) is 2. The van der Waals surface area contributed by atoms with Crippen LogP contribution in [0.2, 0.25) is 5.02 Å². The van der Waals surface area contributed by atoms with Crippen LogP contribution in [0.25, 0.3) is 0 Å². The number of amides is 1. The summed E-state index contributed by atoms with van der Waals surface area (Å²) in [6.45, 7) is 1.91. The summed E-state index contributed by atoms with van der Waals surface area (Å²) in [5.41, 5.74) is 0.662. The van der Waals surface area contributed by atoms with Crippen molar-refractivity contribution in [3.05, 3.63) is 34.9 Å². The van der Waals surface area contributed by atoms with Crippen molar-refractivity contribution < 1.29 is 4.79 Å². The highest BCUT2D eigenvalue weighted by Crippen LogP contribution is 2.10. The summed E-state index contributed by atoms with van der Waals surface area (Å²) >= 11 is 5.77. The minimum Gasteiger partial charge on any atom is -0.348 e. The second-order valence-corrected chi connectivity index (χ2v) is 4.46. The van der Waals surface area contributed by atoms with E-state index in [4.69, 9.17) is 11.6 Å². The molecule has 1 aromatic rings. The van der Waals surface area contributed by atoms with Crippen LogP contribution in [-0.2, 0) is 0 Å². The molecule has 0 aliphatic carbocycles. The summed E-state index contributed by atoms with van der Waals surface area (Å²) in [6.07, 6.45) is 2.16. The van der Waals surface area contributed by atoms with Crippen LogP contribution >= 0.6 is 24.0 Å². The second-order valence-electron chi connectivity index (χ2n) is 4.02. The number of piperidine rings is 1. The van der Waals surface area contributed by atoms with E-state index in [1.807, 2.05) is 0 Å². The van der Waals surface area contributed by atoms with Gasteiger partial charge in [0.2, 0.25) is 0 Å². The van der Waals surface area contributed by atoms with Crippen molar-refractivity contribution in [3.8, 4) is 0 Å². The molecule has 2 rings (SSSR count). The third-order valence-electron chi connectivity index (χ3n) is 2.74. The van der Waals surface area contributed by atoms with E-state index in [1.54, 1.807) is 24.3 Å². The highest BCUT2D eigenvalue weighted by atomic mass is 35.5. The number of carbonyl (C=O) groups excluding carboxylic acids is 1. The van der Waals surface area contributed by atoms with Crippen LogP contribution < -0.4 is 10.6 Å². The van der Waals surface area contributed by atoms with Gasteiger partial charge in [-0.3, -0.25) is 4.79 Å². The molecule has 0 saturated carbocycles. The Morgan fingerprint density at radius 2 is 2.06 bits per heavy atom. The van der Waals surface area contributed by atoms with Gasteiger partial charge in [-0.2, -0.15) is 0 Å². The van der Waals surface area contributed by atoms with E-state index in [0.717, 1.165) is 25.9 Å². The first-order chi connectivity index (χ1) is 7.75. The lowest BCUT2D eigenvalue weighted by atomic mass is 10.1. The standard InChI is InChI=1S/C12H15ClN2O.ClH/c13-10-5-3-9(4-6-10)12(16)15-11-2-1-7-14-8-11;/h3-6,11,14H,1-2,7-8H2,(H,15,16);1H. The molecule has 5 heteroatoms. The zero-order valence-electron chi connectivity index (χ0n) is 9.41. The van der Waals surface area contributed by atoms with Crippen LogP contribution in [-0.4, -0.2) is 25.0 Å². The molecule has 0 aromatic heterocycles. The average molecular weight is 275 g/mol. The maximum absolute atomic E-state index is 11.8. The zero-order valence-corrected chi connectivity index (χ0v) is 11.0. The fourth-order valence-corrected chi connectivity index (χ4v) is 1.97. The Balaban J connectivity index is 0.00000144. The largest absolute Gasteiger partial charge is 0.348 e. The lowest BCUT2D eigenvalue weighted by Crippen LogP contribution is -2.45. The number of halogens is 2. The Morgan fingerprint density at radius 1 is 1.35 bits per heavy atom. The van der Waals surface area contributed by atoms with E-state index in [-0.39, 0.29) is 24.4 Å². The van der Waals surface area contributed by atoms with E-state index < -0.39 is 0 Å². The molecule has 2 N–H and O–H groups in total. The van der Waals surface area contributed by atoms with Crippen molar-refractivity contribution in [2.75, 3.05) is 13.1 Å². The molecule has 1 aliphatic rings. The molecule has 0 spiro atoms. The van der Waals surface area contributed by atoms with Gasteiger partial charge in [0.25, 0.3) is 5.91 Å². The van der Waals surface area contributed by atoms with Crippen molar-refractivity contribution in [1.29, 1.82) is 0 Å². The predicted octanol–water partition coefficient (Wildman–Crippen LogP) is 2.24. The summed E-state index contributed by atoms with van der Waals surface area (Å²) in [7, 11) is 0. The van der Waals surface area contributed by atoms with E-state index in [1.165, 1.54) is 0 Å².